The van der Waals surface area contributed by atoms with Crippen molar-refractivity contribution in [2.75, 3.05) is 13.6 Å². The summed E-state index contributed by atoms with van der Waals surface area (Å²) in [5, 5.41) is 3.87. The van der Waals surface area contributed by atoms with Crippen LogP contribution in [0, 0.1) is 0 Å². The van der Waals surface area contributed by atoms with Crippen LogP contribution in [0.1, 0.15) is 6.92 Å². The van der Waals surface area contributed by atoms with Gasteiger partial charge in [0.05, 0.1) is 6.54 Å². The summed E-state index contributed by atoms with van der Waals surface area (Å²) in [6, 6.07) is 0. The summed E-state index contributed by atoms with van der Waals surface area (Å²) >= 11 is 0. The van der Waals surface area contributed by atoms with E-state index in [-0.39, 0.29) is 5.91 Å². The van der Waals surface area contributed by atoms with E-state index in [1.165, 1.54) is 18.1 Å². The number of carbonyl (C=O) groups excluding carboxylic acids is 1. The van der Waals surface area contributed by atoms with Crippen LogP contribution in [0.4, 0.5) is 0 Å². The summed E-state index contributed by atoms with van der Waals surface area (Å²) < 4.78 is 0. The predicted molar refractivity (Wildman–Crippen MR) is 42.9 cm³/mol. The highest BCUT2D eigenvalue weighted by molar-refractivity contribution is 5.73. The van der Waals surface area contributed by atoms with Crippen molar-refractivity contribution < 1.29 is 4.79 Å². The molecule has 0 rings (SSSR count). The Labute approximate surface area is 66.0 Å². The summed E-state index contributed by atoms with van der Waals surface area (Å²) in [6.07, 6.45) is 1.54. The fourth-order valence-electron chi connectivity index (χ4n) is 0.534. The van der Waals surface area contributed by atoms with E-state index in [9.17, 15) is 4.79 Å². The average molecular weight is 158 g/mol. The van der Waals surface area contributed by atoms with Crippen molar-refractivity contribution >= 4 is 5.91 Å². The Kier molecular flexibility index (Phi) is 4.05. The fraction of sp³-hybridized carbons (Fsp3) is 0.500. The standard InChI is InChI=1S/C6H14N4O/c1-5(11)9-3-6(7)4-10(2)8/h4H,3,7-8H2,1-2H3,(H,9,11)/b6-4-. The van der Waals surface area contributed by atoms with E-state index in [2.05, 4.69) is 5.32 Å². The minimum atomic E-state index is -0.110. The van der Waals surface area contributed by atoms with Crippen LogP contribution < -0.4 is 16.9 Å². The van der Waals surface area contributed by atoms with Gasteiger partial charge in [0.15, 0.2) is 0 Å². The molecule has 0 bridgehead atoms. The number of hydrogen-bond acceptors (Lipinski definition) is 4. The number of rotatable bonds is 3. The number of carbonyl (C=O) groups is 1. The molecule has 0 atom stereocenters. The molecular weight excluding hydrogens is 144 g/mol. The van der Waals surface area contributed by atoms with Gasteiger partial charge in [0.25, 0.3) is 0 Å². The van der Waals surface area contributed by atoms with Crippen molar-refractivity contribution in [2.45, 2.75) is 6.92 Å². The van der Waals surface area contributed by atoms with Gasteiger partial charge in [-0.1, -0.05) is 0 Å². The summed E-state index contributed by atoms with van der Waals surface area (Å²) in [7, 11) is 1.65. The SMILES string of the molecule is CC(=O)NC/C(N)=C/N(C)N. The van der Waals surface area contributed by atoms with E-state index in [0.29, 0.717) is 12.2 Å². The molecule has 0 radical (unpaired) electrons. The Bertz CT molecular complexity index is 164. The van der Waals surface area contributed by atoms with Crippen LogP contribution >= 0.6 is 0 Å². The molecule has 0 aromatic carbocycles. The van der Waals surface area contributed by atoms with Crippen molar-refractivity contribution in [2.24, 2.45) is 11.6 Å². The minimum Gasteiger partial charge on any atom is -0.399 e. The molecule has 64 valence electrons. The molecule has 0 aliphatic heterocycles. The van der Waals surface area contributed by atoms with Crippen LogP contribution in [-0.4, -0.2) is 24.5 Å². The quantitative estimate of drug-likeness (QED) is 0.353. The van der Waals surface area contributed by atoms with Crippen molar-refractivity contribution in [1.29, 1.82) is 0 Å². The van der Waals surface area contributed by atoms with Crippen molar-refractivity contribution in [1.82, 2.24) is 10.3 Å². The summed E-state index contributed by atoms with van der Waals surface area (Å²) in [5.74, 6) is 5.15. The molecule has 11 heavy (non-hydrogen) atoms. The van der Waals surface area contributed by atoms with Gasteiger partial charge in [-0.3, -0.25) is 4.79 Å². The number of nitrogens with zero attached hydrogens (tertiary/aromatic N) is 1. The molecule has 0 unspecified atom stereocenters. The van der Waals surface area contributed by atoms with Crippen LogP contribution in [0.25, 0.3) is 0 Å². The van der Waals surface area contributed by atoms with Gasteiger partial charge in [-0.2, -0.15) is 0 Å². The Hall–Kier alpha value is -1.23. The molecule has 0 saturated carbocycles. The predicted octanol–water partition coefficient (Wildman–Crippen LogP) is -1.27. The molecule has 0 aliphatic carbocycles. The minimum absolute atomic E-state index is 0.110. The second-order valence-corrected chi connectivity index (χ2v) is 2.28. The zero-order valence-corrected chi connectivity index (χ0v) is 6.79. The molecule has 0 aromatic heterocycles. The van der Waals surface area contributed by atoms with Crippen LogP contribution in [0.5, 0.6) is 0 Å². The van der Waals surface area contributed by atoms with Crippen LogP contribution in [0.2, 0.25) is 0 Å². The number of amides is 1. The molecule has 5 nitrogen and oxygen atoms in total. The van der Waals surface area contributed by atoms with Crippen LogP contribution in [0.3, 0.4) is 0 Å². The number of nitrogens with one attached hydrogen (secondary N) is 1. The molecule has 5 heteroatoms. The van der Waals surface area contributed by atoms with Gasteiger partial charge in [0.2, 0.25) is 5.91 Å². The largest absolute Gasteiger partial charge is 0.399 e. The molecule has 0 fully saturated rings. The topological polar surface area (TPSA) is 84.4 Å². The molecule has 0 spiro atoms. The summed E-state index contributed by atoms with van der Waals surface area (Å²) in [5.41, 5.74) is 5.97. The van der Waals surface area contributed by atoms with E-state index in [1.54, 1.807) is 7.05 Å². The number of hydrogen-bond donors (Lipinski definition) is 3. The second-order valence-electron chi connectivity index (χ2n) is 2.28. The third-order valence-corrected chi connectivity index (χ3v) is 0.911. The molecule has 0 aromatic rings. The first-order chi connectivity index (χ1) is 5.02. The average Bonchev–Trinajstić information content (AvgIpc) is 1.82. The van der Waals surface area contributed by atoms with E-state index in [0.717, 1.165) is 0 Å². The van der Waals surface area contributed by atoms with Crippen molar-refractivity contribution in [3.63, 3.8) is 0 Å². The first-order valence-corrected chi connectivity index (χ1v) is 3.20. The maximum Gasteiger partial charge on any atom is 0.217 e. The van der Waals surface area contributed by atoms with Crippen molar-refractivity contribution in [3.05, 3.63) is 11.9 Å². The highest BCUT2D eigenvalue weighted by Gasteiger charge is 1.92. The molecule has 0 saturated heterocycles. The lowest BCUT2D eigenvalue weighted by Crippen LogP contribution is -2.28. The Morgan fingerprint density at radius 1 is 1.73 bits per heavy atom. The zero-order valence-electron chi connectivity index (χ0n) is 6.79. The van der Waals surface area contributed by atoms with Gasteiger partial charge < -0.3 is 16.1 Å². The maximum atomic E-state index is 10.4. The molecule has 0 heterocycles. The highest BCUT2D eigenvalue weighted by atomic mass is 16.1. The third-order valence-electron chi connectivity index (χ3n) is 0.911. The lowest BCUT2D eigenvalue weighted by molar-refractivity contribution is -0.118. The Morgan fingerprint density at radius 2 is 2.27 bits per heavy atom. The summed E-state index contributed by atoms with van der Waals surface area (Å²) in [4.78, 5) is 10.4. The normalized spacial score (nSPS) is 11.0. The van der Waals surface area contributed by atoms with E-state index < -0.39 is 0 Å². The Morgan fingerprint density at radius 3 is 2.64 bits per heavy atom. The van der Waals surface area contributed by atoms with Gasteiger partial charge in [0.1, 0.15) is 0 Å². The molecule has 1 amide bonds. The van der Waals surface area contributed by atoms with E-state index >= 15 is 0 Å². The number of nitrogens with two attached hydrogens (primary N) is 2. The monoisotopic (exact) mass is 158 g/mol. The lowest BCUT2D eigenvalue weighted by atomic mass is 10.4. The van der Waals surface area contributed by atoms with Crippen LogP contribution in [0.15, 0.2) is 11.9 Å². The first-order valence-electron chi connectivity index (χ1n) is 3.20. The lowest BCUT2D eigenvalue weighted by Gasteiger charge is -2.07. The van der Waals surface area contributed by atoms with E-state index in [1.807, 2.05) is 0 Å². The fourth-order valence-corrected chi connectivity index (χ4v) is 0.534. The maximum absolute atomic E-state index is 10.4. The Balaban J connectivity index is 3.68. The van der Waals surface area contributed by atoms with Gasteiger partial charge in [0, 0.05) is 25.9 Å². The first kappa shape index (κ1) is 9.77. The number of hydrazine groups is 1. The van der Waals surface area contributed by atoms with E-state index in [4.69, 9.17) is 11.6 Å². The highest BCUT2D eigenvalue weighted by Crippen LogP contribution is 1.81. The third kappa shape index (κ3) is 6.66. The van der Waals surface area contributed by atoms with Gasteiger partial charge in [-0.25, -0.2) is 5.84 Å². The molecule has 5 N–H and O–H groups in total. The smallest absolute Gasteiger partial charge is 0.217 e. The van der Waals surface area contributed by atoms with Gasteiger partial charge in [-0.05, 0) is 0 Å². The van der Waals surface area contributed by atoms with Crippen molar-refractivity contribution in [3.8, 4) is 0 Å². The van der Waals surface area contributed by atoms with Gasteiger partial charge >= 0.3 is 0 Å². The second kappa shape index (κ2) is 4.56. The molecule has 0 aliphatic rings. The zero-order chi connectivity index (χ0) is 8.85. The van der Waals surface area contributed by atoms with Crippen LogP contribution in [-0.2, 0) is 4.79 Å². The summed E-state index contributed by atoms with van der Waals surface area (Å²) in [6.45, 7) is 1.76. The van der Waals surface area contributed by atoms with Gasteiger partial charge in [-0.15, -0.1) is 0 Å². The molecular formula is C6H14N4O.